The number of nitrogens with one attached hydrogen (secondary N) is 1. The molecule has 0 bridgehead atoms. The summed E-state index contributed by atoms with van der Waals surface area (Å²) in [6.45, 7) is 11.0. The third kappa shape index (κ3) is 7.86. The summed E-state index contributed by atoms with van der Waals surface area (Å²) in [6.07, 6.45) is 0.506. The van der Waals surface area contributed by atoms with Crippen LogP contribution in [-0.2, 0) is 16.1 Å². The molecule has 0 aliphatic rings. The zero-order chi connectivity index (χ0) is 23.7. The Balaban J connectivity index is 2.16. The van der Waals surface area contributed by atoms with Gasteiger partial charge in [0.05, 0.1) is 0 Å². The minimum atomic E-state index is -0.580. The van der Waals surface area contributed by atoms with Crippen LogP contribution in [0.15, 0.2) is 48.5 Å². The lowest BCUT2D eigenvalue weighted by atomic mass is 10.0. The fourth-order valence-corrected chi connectivity index (χ4v) is 3.43. The molecule has 2 amide bonds. The van der Waals surface area contributed by atoms with E-state index >= 15 is 0 Å². The molecule has 0 spiro atoms. The molecule has 1 atom stereocenters. The number of carbonyl (C=O) groups excluding carboxylic acids is 2. The summed E-state index contributed by atoms with van der Waals surface area (Å²) in [4.78, 5) is 27.7. The zero-order valence-corrected chi connectivity index (χ0v) is 20.5. The highest BCUT2D eigenvalue weighted by molar-refractivity contribution is 6.30. The van der Waals surface area contributed by atoms with Crippen LogP contribution in [0.3, 0.4) is 0 Å². The number of halogens is 1. The Hall–Kier alpha value is -2.53. The highest BCUT2D eigenvalue weighted by atomic mass is 35.5. The predicted molar refractivity (Wildman–Crippen MR) is 130 cm³/mol. The van der Waals surface area contributed by atoms with Crippen molar-refractivity contribution in [1.29, 1.82) is 0 Å². The van der Waals surface area contributed by atoms with Gasteiger partial charge in [0.1, 0.15) is 11.8 Å². The van der Waals surface area contributed by atoms with E-state index in [4.69, 9.17) is 16.3 Å². The highest BCUT2D eigenvalue weighted by Crippen LogP contribution is 2.20. The van der Waals surface area contributed by atoms with Crippen LogP contribution in [0.1, 0.15) is 58.1 Å². The van der Waals surface area contributed by atoms with Gasteiger partial charge >= 0.3 is 0 Å². The van der Waals surface area contributed by atoms with Crippen molar-refractivity contribution in [3.63, 3.8) is 0 Å². The molecule has 6 heteroatoms. The van der Waals surface area contributed by atoms with E-state index in [0.29, 0.717) is 42.1 Å². The van der Waals surface area contributed by atoms with Crippen molar-refractivity contribution < 1.29 is 14.3 Å². The SMILES string of the molecule is CCC(C(=O)NCC(C)C)N(Cc1ccc(Cl)cc1)C(=O)COc1ccc(C(C)C)cc1. The second-order valence-corrected chi connectivity index (χ2v) is 9.16. The fourth-order valence-electron chi connectivity index (χ4n) is 3.31. The molecule has 2 rings (SSSR count). The third-order valence-corrected chi connectivity index (χ3v) is 5.50. The number of hydrogen-bond acceptors (Lipinski definition) is 3. The summed E-state index contributed by atoms with van der Waals surface area (Å²) in [7, 11) is 0. The first-order valence-corrected chi connectivity index (χ1v) is 11.6. The molecular weight excluding hydrogens is 424 g/mol. The van der Waals surface area contributed by atoms with E-state index < -0.39 is 6.04 Å². The third-order valence-electron chi connectivity index (χ3n) is 5.25. The summed E-state index contributed by atoms with van der Waals surface area (Å²) in [6, 6.07) is 14.5. The van der Waals surface area contributed by atoms with Gasteiger partial charge in [-0.05, 0) is 53.6 Å². The van der Waals surface area contributed by atoms with E-state index in [1.165, 1.54) is 5.56 Å². The van der Waals surface area contributed by atoms with Crippen LogP contribution in [0.5, 0.6) is 5.75 Å². The van der Waals surface area contributed by atoms with E-state index in [2.05, 4.69) is 19.2 Å². The lowest BCUT2D eigenvalue weighted by Gasteiger charge is -2.30. The highest BCUT2D eigenvalue weighted by Gasteiger charge is 2.29. The molecule has 2 aromatic carbocycles. The summed E-state index contributed by atoms with van der Waals surface area (Å²) in [5, 5.41) is 3.59. The molecule has 0 radical (unpaired) electrons. The van der Waals surface area contributed by atoms with Crippen molar-refractivity contribution in [2.75, 3.05) is 13.2 Å². The van der Waals surface area contributed by atoms with Crippen molar-refractivity contribution in [1.82, 2.24) is 10.2 Å². The number of nitrogens with zero attached hydrogens (tertiary/aromatic N) is 1. The van der Waals surface area contributed by atoms with E-state index in [0.717, 1.165) is 5.56 Å². The molecule has 2 aromatic rings. The second kappa shape index (κ2) is 12.5. The molecule has 0 fully saturated rings. The average Bonchev–Trinajstić information content (AvgIpc) is 2.77. The van der Waals surface area contributed by atoms with Gasteiger partial charge in [0, 0.05) is 18.1 Å². The van der Waals surface area contributed by atoms with Gasteiger partial charge in [-0.25, -0.2) is 0 Å². The average molecular weight is 459 g/mol. The number of amides is 2. The molecule has 1 N–H and O–H groups in total. The summed E-state index contributed by atoms with van der Waals surface area (Å²) in [5.41, 5.74) is 2.11. The lowest BCUT2D eigenvalue weighted by molar-refractivity contribution is -0.143. The monoisotopic (exact) mass is 458 g/mol. The van der Waals surface area contributed by atoms with Crippen LogP contribution >= 0.6 is 11.6 Å². The zero-order valence-electron chi connectivity index (χ0n) is 19.7. The molecule has 0 saturated heterocycles. The van der Waals surface area contributed by atoms with Crippen LogP contribution in [0.25, 0.3) is 0 Å². The molecule has 1 unspecified atom stereocenters. The Labute approximate surface area is 197 Å². The Morgan fingerprint density at radius 2 is 1.62 bits per heavy atom. The van der Waals surface area contributed by atoms with Crippen molar-refractivity contribution in [2.24, 2.45) is 5.92 Å². The summed E-state index contributed by atoms with van der Waals surface area (Å²) < 4.78 is 5.77. The molecular formula is C26H35ClN2O3. The Morgan fingerprint density at radius 1 is 1.00 bits per heavy atom. The smallest absolute Gasteiger partial charge is 0.261 e. The standard InChI is InChI=1S/C26H35ClN2O3/c1-6-24(26(31)28-15-18(2)3)29(16-20-7-11-22(27)12-8-20)25(30)17-32-23-13-9-21(10-14-23)19(4)5/h7-14,18-19,24H,6,15-17H2,1-5H3,(H,28,31). The van der Waals surface area contributed by atoms with Gasteiger partial charge < -0.3 is 15.0 Å². The first-order valence-electron chi connectivity index (χ1n) is 11.3. The maximum atomic E-state index is 13.2. The van der Waals surface area contributed by atoms with Crippen LogP contribution in [0.2, 0.25) is 5.02 Å². The summed E-state index contributed by atoms with van der Waals surface area (Å²) >= 11 is 6.01. The second-order valence-electron chi connectivity index (χ2n) is 8.72. The van der Waals surface area contributed by atoms with E-state index in [9.17, 15) is 9.59 Å². The molecule has 0 aliphatic carbocycles. The van der Waals surface area contributed by atoms with E-state index in [1.54, 1.807) is 17.0 Å². The molecule has 0 aliphatic heterocycles. The molecule has 0 heterocycles. The topological polar surface area (TPSA) is 58.6 Å². The van der Waals surface area contributed by atoms with Crippen molar-refractivity contribution >= 4 is 23.4 Å². The van der Waals surface area contributed by atoms with Crippen LogP contribution in [0, 0.1) is 5.92 Å². The Kier molecular flexibility index (Phi) is 10.0. The van der Waals surface area contributed by atoms with Crippen LogP contribution in [0.4, 0.5) is 0 Å². The van der Waals surface area contributed by atoms with Crippen molar-refractivity contribution in [3.8, 4) is 5.75 Å². The van der Waals surface area contributed by atoms with Gasteiger partial charge in [-0.1, -0.05) is 70.5 Å². The number of ether oxygens (including phenoxy) is 1. The normalized spacial score (nSPS) is 12.0. The van der Waals surface area contributed by atoms with Gasteiger partial charge in [0.15, 0.2) is 6.61 Å². The molecule has 5 nitrogen and oxygen atoms in total. The predicted octanol–water partition coefficient (Wildman–Crippen LogP) is 5.42. The van der Waals surface area contributed by atoms with Gasteiger partial charge in [-0.3, -0.25) is 9.59 Å². The van der Waals surface area contributed by atoms with Gasteiger partial charge in [0.25, 0.3) is 5.91 Å². The minimum Gasteiger partial charge on any atom is -0.484 e. The molecule has 174 valence electrons. The number of benzene rings is 2. The van der Waals surface area contributed by atoms with E-state index in [1.807, 2.05) is 57.2 Å². The lowest BCUT2D eigenvalue weighted by Crippen LogP contribution is -2.50. The minimum absolute atomic E-state index is 0.136. The summed E-state index contributed by atoms with van der Waals surface area (Å²) in [5.74, 6) is 1.000. The number of rotatable bonds is 11. The largest absolute Gasteiger partial charge is 0.484 e. The van der Waals surface area contributed by atoms with Gasteiger partial charge in [-0.2, -0.15) is 0 Å². The quantitative estimate of drug-likeness (QED) is 0.489. The van der Waals surface area contributed by atoms with Gasteiger partial charge in [-0.15, -0.1) is 0 Å². The van der Waals surface area contributed by atoms with Gasteiger partial charge in [0.2, 0.25) is 5.91 Å². The van der Waals surface area contributed by atoms with E-state index in [-0.39, 0.29) is 18.4 Å². The van der Waals surface area contributed by atoms with Crippen LogP contribution in [-0.4, -0.2) is 35.9 Å². The van der Waals surface area contributed by atoms with Crippen molar-refractivity contribution in [3.05, 3.63) is 64.7 Å². The van der Waals surface area contributed by atoms with Crippen molar-refractivity contribution in [2.45, 2.75) is 59.5 Å². The number of carbonyl (C=O) groups is 2. The van der Waals surface area contributed by atoms with Crippen LogP contribution < -0.4 is 10.1 Å². The first-order chi connectivity index (χ1) is 15.2. The number of hydrogen-bond donors (Lipinski definition) is 1. The first kappa shape index (κ1) is 25.7. The molecule has 0 saturated carbocycles. The molecule has 0 aromatic heterocycles. The maximum Gasteiger partial charge on any atom is 0.261 e. The maximum absolute atomic E-state index is 13.2. The fraction of sp³-hybridized carbons (Fsp3) is 0.462. The Bertz CT molecular complexity index is 864. The molecule has 32 heavy (non-hydrogen) atoms. The Morgan fingerprint density at radius 3 is 2.16 bits per heavy atom.